The lowest BCUT2D eigenvalue weighted by molar-refractivity contribution is -0.155. The number of rotatable bonds is 7. The summed E-state index contributed by atoms with van der Waals surface area (Å²) in [7, 11) is -1.78. The van der Waals surface area contributed by atoms with Gasteiger partial charge in [0.05, 0.1) is 17.5 Å². The Hall–Kier alpha value is -4.77. The maximum absolute atomic E-state index is 14.9. The number of carboxylic acids is 1. The Morgan fingerprint density at radius 3 is 2.55 bits per heavy atom. The minimum atomic E-state index is -2.04. The molecule has 0 saturated carbocycles. The zero-order chi connectivity index (χ0) is 30.9. The highest BCUT2D eigenvalue weighted by Gasteiger charge is 2.43. The molecular formula is C25H26BF2N5O9. The Kier molecular flexibility index (Phi) is 8.63. The van der Waals surface area contributed by atoms with Crippen LogP contribution in [0.25, 0.3) is 0 Å². The van der Waals surface area contributed by atoms with E-state index in [4.69, 9.17) is 10.4 Å². The topological polar surface area (TPSA) is 212 Å². The molecule has 2 aromatic rings. The van der Waals surface area contributed by atoms with E-state index in [-0.39, 0.29) is 37.4 Å². The summed E-state index contributed by atoms with van der Waals surface area (Å²) >= 11 is 0. The number of urea groups is 1. The standard InChI is InChI=1S/C25H26BF2N5O9/c1-11-10-32(8-7-29)22(36)23(37)33(11)25(40)31-19(13-5-6-15(34)18(28)17(13)27)21(35)30-16-9-12-3-2-4-14(24(38)39)20(12)42-26(16)41/h2-6,11,16,19,34,41H,7-10,29H2,1H3,(H,30,35)(H,31,40)(H,38,39)/t11-,16-,19?/m0/s1. The van der Waals surface area contributed by atoms with Crippen LogP contribution in [0.5, 0.6) is 11.5 Å². The number of carbonyl (C=O) groups is 5. The molecular weight excluding hydrogens is 563 g/mol. The van der Waals surface area contributed by atoms with Gasteiger partial charge in [-0.15, -0.1) is 0 Å². The molecule has 0 aliphatic carbocycles. The van der Waals surface area contributed by atoms with Crippen molar-refractivity contribution in [3.63, 3.8) is 0 Å². The van der Waals surface area contributed by atoms with E-state index in [2.05, 4.69) is 10.6 Å². The number of aromatic carboxylic acids is 1. The number of halogens is 2. The van der Waals surface area contributed by atoms with E-state index in [1.54, 1.807) is 0 Å². The molecule has 222 valence electrons. The number of imide groups is 1. The minimum Gasteiger partial charge on any atom is -0.534 e. The second-order valence-electron chi connectivity index (χ2n) is 9.67. The summed E-state index contributed by atoms with van der Waals surface area (Å²) in [6.45, 7) is 1.49. The van der Waals surface area contributed by atoms with Crippen LogP contribution in [0.3, 0.4) is 0 Å². The van der Waals surface area contributed by atoms with Gasteiger partial charge in [-0.25, -0.2) is 14.0 Å². The van der Waals surface area contributed by atoms with E-state index in [1.165, 1.54) is 25.1 Å². The highest BCUT2D eigenvalue weighted by molar-refractivity contribution is 6.47. The maximum Gasteiger partial charge on any atom is 0.547 e. The number of phenolic OH excluding ortho intramolecular Hbond substituents is 1. The summed E-state index contributed by atoms with van der Waals surface area (Å²) in [6.07, 6.45) is -0.149. The lowest BCUT2D eigenvalue weighted by Crippen LogP contribution is -2.63. The SMILES string of the molecule is C[C@H]1CN(CCN)C(=O)C(=O)N1C(=O)NC(C(=O)N[C@H]1Cc2cccc(C(=O)O)c2OB1O)c1ccc(O)c(F)c1F. The van der Waals surface area contributed by atoms with Crippen LogP contribution >= 0.6 is 0 Å². The molecule has 17 heteroatoms. The molecule has 1 unspecified atom stereocenters. The number of amides is 5. The number of hydrogen-bond acceptors (Lipinski definition) is 9. The third kappa shape index (κ3) is 5.68. The third-order valence-electron chi connectivity index (χ3n) is 6.84. The molecule has 2 aliphatic rings. The van der Waals surface area contributed by atoms with Crippen LogP contribution in [-0.2, 0) is 20.8 Å². The highest BCUT2D eigenvalue weighted by atomic mass is 19.2. The minimum absolute atomic E-state index is 0.0519. The Bertz CT molecular complexity index is 1460. The van der Waals surface area contributed by atoms with Gasteiger partial charge in [-0.1, -0.05) is 12.1 Å². The fourth-order valence-corrected chi connectivity index (χ4v) is 4.80. The molecule has 42 heavy (non-hydrogen) atoms. The molecule has 1 fully saturated rings. The van der Waals surface area contributed by atoms with E-state index in [0.29, 0.717) is 10.5 Å². The average molecular weight is 589 g/mol. The number of carboxylic acid groups (broad SMARTS) is 1. The number of phenols is 1. The number of aromatic hydroxyl groups is 1. The van der Waals surface area contributed by atoms with Crippen LogP contribution < -0.4 is 21.0 Å². The highest BCUT2D eigenvalue weighted by Crippen LogP contribution is 2.31. The zero-order valence-electron chi connectivity index (χ0n) is 22.0. The van der Waals surface area contributed by atoms with Gasteiger partial charge in [-0.3, -0.25) is 19.3 Å². The van der Waals surface area contributed by atoms with Gasteiger partial charge in [0.25, 0.3) is 0 Å². The molecule has 2 aliphatic heterocycles. The summed E-state index contributed by atoms with van der Waals surface area (Å²) in [6, 6.07) is 1.54. The van der Waals surface area contributed by atoms with Crippen molar-refractivity contribution in [2.45, 2.75) is 31.4 Å². The Balaban J connectivity index is 1.62. The van der Waals surface area contributed by atoms with Crippen molar-refractivity contribution in [3.8, 4) is 11.5 Å². The van der Waals surface area contributed by atoms with Crippen LogP contribution in [-0.4, -0.2) is 93.5 Å². The van der Waals surface area contributed by atoms with E-state index in [1.807, 2.05) is 0 Å². The second kappa shape index (κ2) is 12.0. The number of carbonyl (C=O) groups excluding carboxylic acids is 4. The Labute approximate surface area is 237 Å². The quantitative estimate of drug-likeness (QED) is 0.176. The van der Waals surface area contributed by atoms with Gasteiger partial charge in [-0.05, 0) is 37.1 Å². The summed E-state index contributed by atoms with van der Waals surface area (Å²) in [4.78, 5) is 65.1. The first-order chi connectivity index (χ1) is 19.8. The first-order valence-electron chi connectivity index (χ1n) is 12.7. The van der Waals surface area contributed by atoms with Crippen molar-refractivity contribution in [1.29, 1.82) is 0 Å². The molecule has 2 heterocycles. The summed E-state index contributed by atoms with van der Waals surface area (Å²) in [5.41, 5.74) is 4.79. The molecule has 0 radical (unpaired) electrons. The molecule has 0 aromatic heterocycles. The lowest BCUT2D eigenvalue weighted by Gasteiger charge is -2.38. The van der Waals surface area contributed by atoms with Gasteiger partial charge in [-0.2, -0.15) is 4.39 Å². The van der Waals surface area contributed by atoms with E-state index in [0.717, 1.165) is 17.0 Å². The average Bonchev–Trinajstić information content (AvgIpc) is 2.93. The zero-order valence-corrected chi connectivity index (χ0v) is 22.0. The number of nitrogens with two attached hydrogens (primary N) is 1. The largest absolute Gasteiger partial charge is 0.547 e. The third-order valence-corrected chi connectivity index (χ3v) is 6.84. The maximum atomic E-state index is 14.9. The van der Waals surface area contributed by atoms with Crippen LogP contribution in [0.1, 0.15) is 34.5 Å². The first kappa shape index (κ1) is 30.2. The molecule has 0 spiro atoms. The van der Waals surface area contributed by atoms with Gasteiger partial charge < -0.3 is 41.2 Å². The fourth-order valence-electron chi connectivity index (χ4n) is 4.80. The molecule has 3 atom stereocenters. The van der Waals surface area contributed by atoms with Gasteiger partial charge in [0.1, 0.15) is 11.8 Å². The number of nitrogens with zero attached hydrogens (tertiary/aromatic N) is 2. The van der Waals surface area contributed by atoms with Crippen LogP contribution in [0, 0.1) is 11.6 Å². The molecule has 0 bridgehead atoms. The van der Waals surface area contributed by atoms with Crippen molar-refractivity contribution >= 4 is 36.8 Å². The molecule has 14 nitrogen and oxygen atoms in total. The predicted molar refractivity (Wildman–Crippen MR) is 139 cm³/mol. The fraction of sp³-hybridized carbons (Fsp3) is 0.320. The number of para-hydroxylation sites is 1. The number of piperazine rings is 1. The second-order valence-corrected chi connectivity index (χ2v) is 9.67. The van der Waals surface area contributed by atoms with Gasteiger partial charge in [0.15, 0.2) is 11.6 Å². The molecule has 1 saturated heterocycles. The molecule has 2 aromatic carbocycles. The summed E-state index contributed by atoms with van der Waals surface area (Å²) < 4.78 is 34.6. The van der Waals surface area contributed by atoms with E-state index >= 15 is 0 Å². The molecule has 7 N–H and O–H groups in total. The van der Waals surface area contributed by atoms with E-state index < -0.39 is 77.8 Å². The van der Waals surface area contributed by atoms with Crippen LogP contribution in [0.2, 0.25) is 0 Å². The van der Waals surface area contributed by atoms with Gasteiger partial charge in [0.2, 0.25) is 11.7 Å². The molecule has 5 amide bonds. The molecule has 4 rings (SSSR count). The van der Waals surface area contributed by atoms with Gasteiger partial charge in [0, 0.05) is 25.2 Å². The van der Waals surface area contributed by atoms with Crippen molar-refractivity contribution in [1.82, 2.24) is 20.4 Å². The van der Waals surface area contributed by atoms with Crippen molar-refractivity contribution in [2.24, 2.45) is 5.73 Å². The first-order valence-corrected chi connectivity index (χ1v) is 12.7. The summed E-state index contributed by atoms with van der Waals surface area (Å²) in [5.74, 6) is -10.6. The smallest absolute Gasteiger partial charge is 0.534 e. The van der Waals surface area contributed by atoms with Crippen LogP contribution in [0.4, 0.5) is 13.6 Å². The predicted octanol–water partition coefficient (Wildman–Crippen LogP) is -0.723. The van der Waals surface area contributed by atoms with Crippen molar-refractivity contribution in [3.05, 3.63) is 58.7 Å². The number of hydrogen-bond donors (Lipinski definition) is 6. The van der Waals surface area contributed by atoms with Crippen LogP contribution in [0.15, 0.2) is 30.3 Å². The number of nitrogens with one attached hydrogen (secondary N) is 2. The van der Waals surface area contributed by atoms with Crippen molar-refractivity contribution < 1.29 is 52.6 Å². The normalized spacial score (nSPS) is 19.1. The lowest BCUT2D eigenvalue weighted by atomic mass is 9.72. The van der Waals surface area contributed by atoms with E-state index in [9.17, 15) is 48.0 Å². The Morgan fingerprint density at radius 2 is 1.88 bits per heavy atom. The summed E-state index contributed by atoms with van der Waals surface area (Å²) in [5, 5.41) is 33.9. The number of benzene rings is 2. The van der Waals surface area contributed by atoms with Crippen molar-refractivity contribution in [2.75, 3.05) is 19.6 Å². The number of fused-ring (bicyclic) bond motifs is 1. The van der Waals surface area contributed by atoms with Gasteiger partial charge >= 0.3 is 30.9 Å². The Morgan fingerprint density at radius 1 is 1.17 bits per heavy atom. The monoisotopic (exact) mass is 589 g/mol.